The molecule has 0 amide bonds. The molecule has 1 atom stereocenters. The molecule has 2 heterocycles. The highest BCUT2D eigenvalue weighted by molar-refractivity contribution is 6.46. The molecular weight excluding hydrogens is 518 g/mol. The predicted octanol–water partition coefficient (Wildman–Crippen LogP) is 6.28. The first-order valence-electron chi connectivity index (χ1n) is 14.5. The second-order valence-electron chi connectivity index (χ2n) is 12.8. The number of fused-ring (bicyclic) bond motifs is 3. The minimum Gasteiger partial charge on any atom is -0.379 e. The molecule has 41 heavy (non-hydrogen) atoms. The third kappa shape index (κ3) is 6.44. The molecule has 2 aromatic carbocycles. The van der Waals surface area contributed by atoms with E-state index in [1.54, 1.807) is 6.07 Å². The highest BCUT2D eigenvalue weighted by Crippen LogP contribution is 2.33. The van der Waals surface area contributed by atoms with Gasteiger partial charge in [-0.15, -0.1) is 0 Å². The smallest absolute Gasteiger partial charge is 0.331 e. The van der Waals surface area contributed by atoms with Crippen molar-refractivity contribution in [2.45, 2.75) is 73.9 Å². The zero-order valence-electron chi connectivity index (χ0n) is 25.7. The number of Topliss-reactive ketones (excluding diaryl/α,β-unsaturated/α-hetero) is 2. The molecule has 1 aliphatic rings. The Labute approximate surface area is 242 Å². The van der Waals surface area contributed by atoms with E-state index in [2.05, 4.69) is 42.3 Å². The van der Waals surface area contributed by atoms with Crippen LogP contribution in [0.1, 0.15) is 82.5 Å². The fraction of sp³-hybridized carbons (Fsp3) is 0.515. The molecule has 1 saturated heterocycles. The van der Waals surface area contributed by atoms with Crippen molar-refractivity contribution >= 4 is 45.1 Å². The fourth-order valence-corrected chi connectivity index (χ4v) is 5.98. The van der Waals surface area contributed by atoms with Gasteiger partial charge in [0.15, 0.2) is 5.78 Å². The zero-order valence-corrected chi connectivity index (χ0v) is 25.7. The molecular formula is C33H43N3O5. The number of ether oxygens (including phenoxy) is 1. The van der Waals surface area contributed by atoms with E-state index in [1.165, 1.54) is 6.92 Å². The van der Waals surface area contributed by atoms with Crippen molar-refractivity contribution in [3.05, 3.63) is 47.5 Å². The van der Waals surface area contributed by atoms with Gasteiger partial charge in [0.2, 0.25) is 5.78 Å². The number of nitrogens with zero attached hydrogens (tertiary/aromatic N) is 3. The maximum atomic E-state index is 13.8. The van der Waals surface area contributed by atoms with E-state index in [-0.39, 0.29) is 28.6 Å². The normalized spacial score (nSPS) is 16.2. The van der Waals surface area contributed by atoms with Gasteiger partial charge >= 0.3 is 5.97 Å². The number of hydrogen-bond acceptors (Lipinski definition) is 7. The maximum absolute atomic E-state index is 13.8. The van der Waals surface area contributed by atoms with Gasteiger partial charge in [-0.3, -0.25) is 14.5 Å². The van der Waals surface area contributed by atoms with Gasteiger partial charge < -0.3 is 14.1 Å². The highest BCUT2D eigenvalue weighted by Gasteiger charge is 2.36. The Bertz CT molecular complexity index is 1500. The molecule has 8 nitrogen and oxygen atoms in total. The largest absolute Gasteiger partial charge is 0.379 e. The predicted molar refractivity (Wildman–Crippen MR) is 163 cm³/mol. The van der Waals surface area contributed by atoms with Gasteiger partial charge in [-0.25, -0.2) is 4.79 Å². The van der Waals surface area contributed by atoms with E-state index in [4.69, 9.17) is 9.57 Å². The number of benzene rings is 2. The van der Waals surface area contributed by atoms with E-state index in [0.717, 1.165) is 28.4 Å². The minimum absolute atomic E-state index is 0.0485. The molecule has 1 fully saturated rings. The third-order valence-electron chi connectivity index (χ3n) is 7.95. The van der Waals surface area contributed by atoms with E-state index >= 15 is 0 Å². The summed E-state index contributed by atoms with van der Waals surface area (Å²) in [5, 5.41) is 5.82. The summed E-state index contributed by atoms with van der Waals surface area (Å²) >= 11 is 0. The van der Waals surface area contributed by atoms with E-state index in [1.807, 2.05) is 51.1 Å². The standard InChI is InChI=1S/C33H43N3O5/c1-9-36-27-12-10-23(30(38)29(34-41-22(3)37)21(2)20-32(4,5)6)18-25(27)26-19-24(11-13-28(26)36)31(39)33(7,8)35-14-16-40-17-15-35/h10-13,18-19,21H,9,14-17,20H2,1-8H3/b34-29+. The first-order valence-corrected chi connectivity index (χ1v) is 14.5. The first kappa shape index (κ1) is 30.6. The lowest BCUT2D eigenvalue weighted by atomic mass is 9.82. The summed E-state index contributed by atoms with van der Waals surface area (Å²) in [5.41, 5.74) is 2.58. The van der Waals surface area contributed by atoms with Crippen LogP contribution in [-0.2, 0) is 20.9 Å². The summed E-state index contributed by atoms with van der Waals surface area (Å²) < 4.78 is 7.69. The summed E-state index contributed by atoms with van der Waals surface area (Å²) in [7, 11) is 0. The van der Waals surface area contributed by atoms with Crippen LogP contribution in [0.25, 0.3) is 21.8 Å². The molecule has 1 aromatic heterocycles. The Kier molecular flexibility index (Phi) is 8.85. The van der Waals surface area contributed by atoms with Gasteiger partial charge in [-0.2, -0.15) is 0 Å². The molecule has 0 N–H and O–H groups in total. The lowest BCUT2D eigenvalue weighted by Crippen LogP contribution is -2.54. The van der Waals surface area contributed by atoms with Crippen LogP contribution in [0.4, 0.5) is 0 Å². The van der Waals surface area contributed by atoms with E-state index in [0.29, 0.717) is 43.9 Å². The molecule has 1 unspecified atom stereocenters. The summed E-state index contributed by atoms with van der Waals surface area (Å²) in [5.74, 6) is -1.01. The molecule has 0 radical (unpaired) electrons. The second kappa shape index (κ2) is 11.9. The monoisotopic (exact) mass is 561 g/mol. The Morgan fingerprint density at radius 3 is 2.05 bits per heavy atom. The Balaban J connectivity index is 1.79. The highest BCUT2D eigenvalue weighted by atomic mass is 16.7. The van der Waals surface area contributed by atoms with Crippen LogP contribution in [-0.4, -0.2) is 64.6 Å². The molecule has 0 spiro atoms. The van der Waals surface area contributed by atoms with Crippen LogP contribution < -0.4 is 0 Å². The van der Waals surface area contributed by atoms with Crippen molar-refractivity contribution in [1.82, 2.24) is 9.47 Å². The Hall–Kier alpha value is -3.36. The topological polar surface area (TPSA) is 90.2 Å². The van der Waals surface area contributed by atoms with Crippen LogP contribution in [0.2, 0.25) is 0 Å². The quantitative estimate of drug-likeness (QED) is 0.132. The van der Waals surface area contributed by atoms with Gasteiger partial charge in [0.05, 0.1) is 18.8 Å². The molecule has 1 aliphatic heterocycles. The van der Waals surface area contributed by atoms with Crippen molar-refractivity contribution in [2.75, 3.05) is 26.3 Å². The first-order chi connectivity index (χ1) is 19.2. The molecule has 4 rings (SSSR count). The molecule has 0 aliphatic carbocycles. The number of aryl methyl sites for hydroxylation is 1. The second-order valence-corrected chi connectivity index (χ2v) is 12.8. The summed E-state index contributed by atoms with van der Waals surface area (Å²) in [4.78, 5) is 46.3. The van der Waals surface area contributed by atoms with Crippen LogP contribution in [0, 0.1) is 11.3 Å². The third-order valence-corrected chi connectivity index (χ3v) is 7.95. The van der Waals surface area contributed by atoms with Gasteiger partial charge in [0.25, 0.3) is 0 Å². The zero-order chi connectivity index (χ0) is 30.1. The van der Waals surface area contributed by atoms with Gasteiger partial charge in [-0.1, -0.05) is 32.9 Å². The average Bonchev–Trinajstić information content (AvgIpc) is 3.24. The number of carbonyl (C=O) groups excluding carboxylic acids is 3. The van der Waals surface area contributed by atoms with Crippen molar-refractivity contribution in [1.29, 1.82) is 0 Å². The minimum atomic E-state index is -0.674. The van der Waals surface area contributed by atoms with E-state index < -0.39 is 11.5 Å². The van der Waals surface area contributed by atoms with Crippen molar-refractivity contribution < 1.29 is 24.0 Å². The van der Waals surface area contributed by atoms with Crippen molar-refractivity contribution in [3.63, 3.8) is 0 Å². The van der Waals surface area contributed by atoms with Gasteiger partial charge in [0.1, 0.15) is 5.71 Å². The lowest BCUT2D eigenvalue weighted by Gasteiger charge is -2.39. The number of morpholine rings is 1. The number of rotatable bonds is 9. The Morgan fingerprint density at radius 1 is 0.951 bits per heavy atom. The molecule has 0 saturated carbocycles. The van der Waals surface area contributed by atoms with Crippen molar-refractivity contribution in [2.24, 2.45) is 16.5 Å². The maximum Gasteiger partial charge on any atom is 0.331 e. The number of hydrogen-bond donors (Lipinski definition) is 0. The summed E-state index contributed by atoms with van der Waals surface area (Å²) in [6, 6.07) is 11.5. The van der Waals surface area contributed by atoms with Crippen LogP contribution >= 0.6 is 0 Å². The molecule has 8 heteroatoms. The van der Waals surface area contributed by atoms with Crippen LogP contribution in [0.5, 0.6) is 0 Å². The van der Waals surface area contributed by atoms with Gasteiger partial charge in [-0.05, 0) is 69.0 Å². The molecule has 0 bridgehead atoms. The number of oxime groups is 1. The fourth-order valence-electron chi connectivity index (χ4n) is 5.98. The number of ketones is 2. The van der Waals surface area contributed by atoms with Crippen LogP contribution in [0.3, 0.4) is 0 Å². The van der Waals surface area contributed by atoms with Crippen LogP contribution in [0.15, 0.2) is 41.6 Å². The van der Waals surface area contributed by atoms with Crippen molar-refractivity contribution in [3.8, 4) is 0 Å². The summed E-state index contributed by atoms with van der Waals surface area (Å²) in [6.07, 6.45) is 0.695. The Morgan fingerprint density at radius 2 is 1.51 bits per heavy atom. The average molecular weight is 562 g/mol. The number of aromatic nitrogens is 1. The molecule has 3 aromatic rings. The SMILES string of the molecule is CCn1c2ccc(C(=O)/C(=N/OC(C)=O)C(C)CC(C)(C)C)cc2c2cc(C(=O)C(C)(C)N3CCOCC3)ccc21. The lowest BCUT2D eigenvalue weighted by molar-refractivity contribution is -0.140. The number of carbonyl (C=O) groups is 3. The summed E-state index contributed by atoms with van der Waals surface area (Å²) in [6.45, 7) is 18.9. The van der Waals surface area contributed by atoms with Gasteiger partial charge in [0, 0.05) is 65.4 Å². The molecule has 220 valence electrons. The van der Waals surface area contributed by atoms with E-state index in [9.17, 15) is 14.4 Å².